The van der Waals surface area contributed by atoms with Crippen molar-refractivity contribution in [3.8, 4) is 56.0 Å². The zero-order valence-electron chi connectivity index (χ0n) is 30.8. The van der Waals surface area contributed by atoms with Crippen LogP contribution < -0.4 is 9.64 Å². The summed E-state index contributed by atoms with van der Waals surface area (Å²) in [5.74, 6) is 1.68. The first-order chi connectivity index (χ1) is 27.0. The van der Waals surface area contributed by atoms with E-state index >= 15 is 0 Å². The third-order valence-corrected chi connectivity index (χ3v) is 11.9. The monoisotopic (exact) mass is 703 g/mol. The number of ether oxygens (including phenoxy) is 1. The second kappa shape index (κ2) is 12.1. The van der Waals surface area contributed by atoms with Crippen LogP contribution in [0.1, 0.15) is 25.0 Å². The molecule has 2 aliphatic rings. The molecule has 2 nitrogen and oxygen atoms in total. The molecule has 0 amide bonds. The van der Waals surface area contributed by atoms with Crippen LogP contribution in [0.5, 0.6) is 11.5 Å². The molecule has 0 radical (unpaired) electrons. The first kappa shape index (κ1) is 31.6. The summed E-state index contributed by atoms with van der Waals surface area (Å²) in [5.41, 5.74) is 15.3. The predicted octanol–water partition coefficient (Wildman–Crippen LogP) is 14.9. The highest BCUT2D eigenvalue weighted by molar-refractivity contribution is 6.14. The molecule has 9 aromatic rings. The summed E-state index contributed by atoms with van der Waals surface area (Å²) in [4.78, 5) is 2.44. The second-order valence-corrected chi connectivity index (χ2v) is 15.3. The van der Waals surface area contributed by atoms with Crippen molar-refractivity contribution < 1.29 is 4.74 Å². The molecule has 2 heteroatoms. The molecule has 1 heterocycles. The van der Waals surface area contributed by atoms with E-state index in [1.807, 2.05) is 0 Å². The molecule has 11 rings (SSSR count). The predicted molar refractivity (Wildman–Crippen MR) is 230 cm³/mol. The molecule has 9 aromatic carbocycles. The van der Waals surface area contributed by atoms with E-state index in [4.69, 9.17) is 4.74 Å². The lowest BCUT2D eigenvalue weighted by Crippen LogP contribution is -2.16. The van der Waals surface area contributed by atoms with Gasteiger partial charge in [0.1, 0.15) is 11.5 Å². The molecule has 0 aromatic heterocycles. The van der Waals surface area contributed by atoms with Crippen LogP contribution in [-0.2, 0) is 5.41 Å². The third-order valence-electron chi connectivity index (χ3n) is 11.9. The molecule has 0 unspecified atom stereocenters. The summed E-state index contributed by atoms with van der Waals surface area (Å²) in [7, 11) is 0. The highest BCUT2D eigenvalue weighted by Gasteiger charge is 2.36. The van der Waals surface area contributed by atoms with E-state index in [1.54, 1.807) is 0 Å². The number of benzene rings is 9. The fraction of sp³-hybridized carbons (Fsp3) is 0.0566. The van der Waals surface area contributed by atoms with E-state index in [2.05, 4.69) is 207 Å². The molecule has 0 spiro atoms. The maximum absolute atomic E-state index is 7.09. The van der Waals surface area contributed by atoms with Gasteiger partial charge in [-0.1, -0.05) is 159 Å². The van der Waals surface area contributed by atoms with Gasteiger partial charge in [-0.3, -0.25) is 0 Å². The molecule has 260 valence electrons. The van der Waals surface area contributed by atoms with Crippen LogP contribution in [0.15, 0.2) is 188 Å². The first-order valence-corrected chi connectivity index (χ1v) is 19.1. The number of fused-ring (bicyclic) bond motifs is 11. The third kappa shape index (κ3) is 4.81. The van der Waals surface area contributed by atoms with Crippen LogP contribution in [0, 0.1) is 0 Å². The van der Waals surface area contributed by atoms with E-state index in [0.717, 1.165) is 50.8 Å². The topological polar surface area (TPSA) is 12.5 Å². The van der Waals surface area contributed by atoms with Gasteiger partial charge >= 0.3 is 0 Å². The number of hydrogen-bond donors (Lipinski definition) is 0. The van der Waals surface area contributed by atoms with Crippen molar-refractivity contribution in [2.75, 3.05) is 4.90 Å². The minimum atomic E-state index is -0.139. The van der Waals surface area contributed by atoms with E-state index in [9.17, 15) is 0 Å². The SMILES string of the molecule is CC1(C)c2ccccc2-c2ccc(N(c3ccc4c(c3)Oc3cccc(-c5ccccc5)c3-c3ccccc3-4)c3cc4ccccc4c4ccccc34)cc21. The highest BCUT2D eigenvalue weighted by Crippen LogP contribution is 2.54. The largest absolute Gasteiger partial charge is 0.456 e. The van der Waals surface area contributed by atoms with Gasteiger partial charge in [0.25, 0.3) is 0 Å². The maximum Gasteiger partial charge on any atom is 0.137 e. The Morgan fingerprint density at radius 3 is 1.85 bits per heavy atom. The molecule has 0 N–H and O–H groups in total. The second-order valence-electron chi connectivity index (χ2n) is 15.3. The summed E-state index contributed by atoms with van der Waals surface area (Å²) >= 11 is 0. The van der Waals surface area contributed by atoms with Crippen molar-refractivity contribution in [3.05, 3.63) is 199 Å². The van der Waals surface area contributed by atoms with Crippen LogP contribution in [0.3, 0.4) is 0 Å². The van der Waals surface area contributed by atoms with Crippen molar-refractivity contribution >= 4 is 38.6 Å². The van der Waals surface area contributed by atoms with Crippen molar-refractivity contribution in [2.24, 2.45) is 0 Å². The van der Waals surface area contributed by atoms with Crippen molar-refractivity contribution in [1.82, 2.24) is 0 Å². The maximum atomic E-state index is 7.09. The summed E-state index contributed by atoms with van der Waals surface area (Å²) in [6.07, 6.45) is 0. The van der Waals surface area contributed by atoms with Crippen LogP contribution in [0.4, 0.5) is 17.1 Å². The Hall–Kier alpha value is -6.90. The van der Waals surface area contributed by atoms with Gasteiger partial charge in [-0.15, -0.1) is 0 Å². The number of nitrogens with zero attached hydrogens (tertiary/aromatic N) is 1. The standard InChI is InChI=1S/C53H37NO/c1-53(2)47-25-13-12-21-42(47)43-29-27-36(32-48(43)53)54(49-31-35-17-6-7-18-38(35)40-19-8-10-22-44(40)49)37-28-30-45-41-20-9-11-23-46(41)52-39(34-15-4-3-5-16-34)24-14-26-50(52)55-51(45)33-37/h3-33H,1-2H3. The van der Waals surface area contributed by atoms with Crippen LogP contribution in [0.25, 0.3) is 66.1 Å². The molecule has 0 bridgehead atoms. The fourth-order valence-electron chi connectivity index (χ4n) is 9.24. The van der Waals surface area contributed by atoms with Crippen molar-refractivity contribution in [2.45, 2.75) is 19.3 Å². The highest BCUT2D eigenvalue weighted by atomic mass is 16.5. The Morgan fingerprint density at radius 1 is 0.400 bits per heavy atom. The smallest absolute Gasteiger partial charge is 0.137 e. The molecule has 1 aliphatic carbocycles. The van der Waals surface area contributed by atoms with Gasteiger partial charge in [0.05, 0.1) is 5.69 Å². The minimum absolute atomic E-state index is 0.139. The number of anilines is 3. The summed E-state index contributed by atoms with van der Waals surface area (Å²) in [6.45, 7) is 4.71. The molecule has 0 fully saturated rings. The average molecular weight is 704 g/mol. The summed E-state index contributed by atoms with van der Waals surface area (Å²) in [6, 6.07) is 68.3. The van der Waals surface area contributed by atoms with Gasteiger partial charge in [-0.05, 0) is 97.1 Å². The van der Waals surface area contributed by atoms with Crippen LogP contribution >= 0.6 is 0 Å². The number of rotatable bonds is 4. The summed E-state index contributed by atoms with van der Waals surface area (Å²) in [5, 5.41) is 4.89. The minimum Gasteiger partial charge on any atom is -0.456 e. The average Bonchev–Trinajstić information content (AvgIpc) is 3.36. The molecular formula is C53H37NO. The molecule has 0 saturated carbocycles. The van der Waals surface area contributed by atoms with E-state index in [-0.39, 0.29) is 5.41 Å². The van der Waals surface area contributed by atoms with Gasteiger partial charge in [0, 0.05) is 39.4 Å². The lowest BCUT2D eigenvalue weighted by molar-refractivity contribution is 0.488. The molecular weight excluding hydrogens is 667 g/mol. The van der Waals surface area contributed by atoms with Crippen LogP contribution in [0.2, 0.25) is 0 Å². The molecule has 1 aliphatic heterocycles. The Kier molecular flexibility index (Phi) is 6.93. The quantitative estimate of drug-likeness (QED) is 0.169. The fourth-order valence-corrected chi connectivity index (χ4v) is 9.24. The summed E-state index contributed by atoms with van der Waals surface area (Å²) < 4.78 is 7.09. The Morgan fingerprint density at radius 2 is 1.02 bits per heavy atom. The van der Waals surface area contributed by atoms with Gasteiger partial charge in [-0.2, -0.15) is 0 Å². The van der Waals surface area contributed by atoms with Crippen molar-refractivity contribution in [3.63, 3.8) is 0 Å². The zero-order valence-corrected chi connectivity index (χ0v) is 30.8. The Labute approximate surface area is 321 Å². The zero-order chi connectivity index (χ0) is 36.7. The Balaban J connectivity index is 1.16. The lowest BCUT2D eigenvalue weighted by Gasteiger charge is -2.30. The van der Waals surface area contributed by atoms with Crippen molar-refractivity contribution in [1.29, 1.82) is 0 Å². The van der Waals surface area contributed by atoms with Gasteiger partial charge < -0.3 is 9.64 Å². The van der Waals surface area contributed by atoms with Gasteiger partial charge in [0.2, 0.25) is 0 Å². The molecule has 55 heavy (non-hydrogen) atoms. The van der Waals surface area contributed by atoms with E-state index in [1.165, 1.54) is 54.9 Å². The molecule has 0 atom stereocenters. The van der Waals surface area contributed by atoms with E-state index in [0.29, 0.717) is 0 Å². The van der Waals surface area contributed by atoms with Gasteiger partial charge in [0.15, 0.2) is 0 Å². The number of hydrogen-bond acceptors (Lipinski definition) is 2. The van der Waals surface area contributed by atoms with Crippen LogP contribution in [-0.4, -0.2) is 0 Å². The first-order valence-electron chi connectivity index (χ1n) is 19.1. The van der Waals surface area contributed by atoms with E-state index < -0.39 is 0 Å². The molecule has 0 saturated heterocycles. The van der Waals surface area contributed by atoms with Gasteiger partial charge in [-0.25, -0.2) is 0 Å². The normalized spacial score (nSPS) is 13.2. The Bertz CT molecular complexity index is 2990. The lowest BCUT2D eigenvalue weighted by atomic mass is 9.82.